The van der Waals surface area contributed by atoms with E-state index in [1.807, 2.05) is 18.1 Å². The van der Waals surface area contributed by atoms with Gasteiger partial charge in [-0.15, -0.1) is 0 Å². The third-order valence-corrected chi connectivity index (χ3v) is 4.26. The van der Waals surface area contributed by atoms with Crippen molar-refractivity contribution < 1.29 is 12.8 Å². The molecule has 20 heavy (non-hydrogen) atoms. The highest BCUT2D eigenvalue weighted by atomic mass is 32.2. The summed E-state index contributed by atoms with van der Waals surface area (Å²) in [6.07, 6.45) is 3.88. The predicted octanol–water partition coefficient (Wildman–Crippen LogP) is 1.83. The van der Waals surface area contributed by atoms with Gasteiger partial charge in [-0.2, -0.15) is 0 Å². The van der Waals surface area contributed by atoms with Crippen molar-refractivity contribution in [2.75, 3.05) is 32.1 Å². The second-order valence-corrected chi connectivity index (χ2v) is 7.45. The summed E-state index contributed by atoms with van der Waals surface area (Å²) in [6, 6.07) is 4.68. The van der Waals surface area contributed by atoms with Crippen LogP contribution in [0.1, 0.15) is 5.56 Å². The summed E-state index contributed by atoms with van der Waals surface area (Å²) >= 11 is 0. The molecule has 1 heterocycles. The van der Waals surface area contributed by atoms with E-state index in [1.54, 1.807) is 6.07 Å². The van der Waals surface area contributed by atoms with Gasteiger partial charge in [0, 0.05) is 36.4 Å². The molecule has 4 nitrogen and oxygen atoms in total. The number of aromatic nitrogens is 1. The summed E-state index contributed by atoms with van der Waals surface area (Å²) in [5.41, 5.74) is 1.96. The van der Waals surface area contributed by atoms with Crippen molar-refractivity contribution in [1.29, 1.82) is 0 Å². The normalized spacial score (nSPS) is 12.4. The molecule has 0 aliphatic heterocycles. The highest BCUT2D eigenvalue weighted by Crippen LogP contribution is 2.19. The summed E-state index contributed by atoms with van der Waals surface area (Å²) in [6.45, 7) is 1.24. The van der Waals surface area contributed by atoms with Crippen LogP contribution in [0.25, 0.3) is 10.9 Å². The second kappa shape index (κ2) is 5.93. The Kier molecular flexibility index (Phi) is 4.45. The fourth-order valence-electron chi connectivity index (χ4n) is 2.10. The van der Waals surface area contributed by atoms with E-state index in [4.69, 9.17) is 0 Å². The van der Waals surface area contributed by atoms with Crippen LogP contribution in [0.3, 0.4) is 0 Å². The lowest BCUT2D eigenvalue weighted by Crippen LogP contribution is -2.27. The highest BCUT2D eigenvalue weighted by Gasteiger charge is 2.08. The van der Waals surface area contributed by atoms with Crippen molar-refractivity contribution in [2.45, 2.75) is 6.42 Å². The topological polar surface area (TPSA) is 53.2 Å². The van der Waals surface area contributed by atoms with Gasteiger partial charge in [-0.3, -0.25) is 0 Å². The van der Waals surface area contributed by atoms with E-state index in [1.165, 1.54) is 18.4 Å². The molecule has 2 aromatic rings. The average molecular weight is 298 g/mol. The second-order valence-electron chi connectivity index (χ2n) is 5.19. The van der Waals surface area contributed by atoms with Crippen molar-refractivity contribution in [3.05, 3.63) is 35.8 Å². The number of hydrogen-bond acceptors (Lipinski definition) is 3. The Balaban J connectivity index is 1.97. The first-order chi connectivity index (χ1) is 9.35. The Bertz CT molecular complexity index is 694. The number of likely N-dealkylation sites (N-methyl/N-ethyl adjacent to an activating group) is 1. The highest BCUT2D eigenvalue weighted by molar-refractivity contribution is 7.90. The van der Waals surface area contributed by atoms with E-state index >= 15 is 0 Å². The van der Waals surface area contributed by atoms with Crippen molar-refractivity contribution in [2.24, 2.45) is 0 Å². The SMILES string of the molecule is CN(CCc1c[nH]c2ccc(F)cc12)CCS(C)(=O)=O. The Morgan fingerprint density at radius 3 is 2.75 bits per heavy atom. The molecule has 6 heteroatoms. The van der Waals surface area contributed by atoms with Crippen LogP contribution in [0.2, 0.25) is 0 Å². The van der Waals surface area contributed by atoms with Crippen LogP contribution in [0.15, 0.2) is 24.4 Å². The van der Waals surface area contributed by atoms with E-state index in [9.17, 15) is 12.8 Å². The molecule has 0 bridgehead atoms. The summed E-state index contributed by atoms with van der Waals surface area (Å²) in [7, 11) is -1.04. The summed E-state index contributed by atoms with van der Waals surface area (Å²) in [5, 5.41) is 0.890. The van der Waals surface area contributed by atoms with Gasteiger partial charge in [-0.05, 0) is 37.2 Å². The third kappa shape index (κ3) is 4.05. The van der Waals surface area contributed by atoms with Crippen LogP contribution in [0, 0.1) is 5.82 Å². The molecule has 0 spiro atoms. The zero-order valence-electron chi connectivity index (χ0n) is 11.7. The molecule has 0 fully saturated rings. The van der Waals surface area contributed by atoms with Crippen LogP contribution >= 0.6 is 0 Å². The average Bonchev–Trinajstić information content (AvgIpc) is 2.75. The minimum Gasteiger partial charge on any atom is -0.361 e. The maximum atomic E-state index is 13.3. The lowest BCUT2D eigenvalue weighted by molar-refractivity contribution is 0.358. The fourth-order valence-corrected chi connectivity index (χ4v) is 2.75. The molecule has 0 aliphatic carbocycles. The summed E-state index contributed by atoms with van der Waals surface area (Å²) in [5.74, 6) is -0.0878. The summed E-state index contributed by atoms with van der Waals surface area (Å²) in [4.78, 5) is 5.09. The lowest BCUT2D eigenvalue weighted by Gasteiger charge is -2.15. The Hall–Kier alpha value is -1.40. The molecule has 1 N–H and O–H groups in total. The third-order valence-electron chi connectivity index (χ3n) is 3.34. The smallest absolute Gasteiger partial charge is 0.148 e. The van der Waals surface area contributed by atoms with E-state index in [-0.39, 0.29) is 11.6 Å². The first-order valence-corrected chi connectivity index (χ1v) is 8.53. The largest absolute Gasteiger partial charge is 0.361 e. The summed E-state index contributed by atoms with van der Waals surface area (Å²) < 4.78 is 35.5. The minimum absolute atomic E-state index is 0.159. The van der Waals surface area contributed by atoms with Crippen LogP contribution in [0.5, 0.6) is 0 Å². The molecule has 0 atom stereocenters. The number of aromatic amines is 1. The van der Waals surface area contributed by atoms with Gasteiger partial charge in [-0.25, -0.2) is 12.8 Å². The van der Waals surface area contributed by atoms with Gasteiger partial charge in [0.25, 0.3) is 0 Å². The number of rotatable bonds is 6. The lowest BCUT2D eigenvalue weighted by atomic mass is 10.1. The van der Waals surface area contributed by atoms with E-state index in [0.717, 1.165) is 29.4 Å². The first-order valence-electron chi connectivity index (χ1n) is 6.47. The Labute approximate surface area is 118 Å². The predicted molar refractivity (Wildman–Crippen MR) is 79.2 cm³/mol. The van der Waals surface area contributed by atoms with Gasteiger partial charge >= 0.3 is 0 Å². The van der Waals surface area contributed by atoms with Crippen LogP contribution in [-0.2, 0) is 16.3 Å². The number of H-pyrrole nitrogens is 1. The maximum absolute atomic E-state index is 13.3. The van der Waals surface area contributed by atoms with Crippen molar-refractivity contribution >= 4 is 20.7 Å². The maximum Gasteiger partial charge on any atom is 0.148 e. The molecule has 1 aromatic heterocycles. The van der Waals surface area contributed by atoms with E-state index in [2.05, 4.69) is 4.98 Å². The number of halogens is 1. The molecular formula is C14H19FN2O2S. The number of hydrogen-bond donors (Lipinski definition) is 1. The first kappa shape index (κ1) is 15.0. The molecule has 2 rings (SSSR count). The molecule has 0 aliphatic rings. The molecule has 0 unspecified atom stereocenters. The standard InChI is InChI=1S/C14H19FN2O2S/c1-17(7-8-20(2,18)19)6-5-11-10-16-14-4-3-12(15)9-13(11)14/h3-4,9-10,16H,5-8H2,1-2H3. The van der Waals surface area contributed by atoms with Crippen molar-refractivity contribution in [1.82, 2.24) is 9.88 Å². The quantitative estimate of drug-likeness (QED) is 0.885. The zero-order valence-corrected chi connectivity index (χ0v) is 12.5. The molecule has 0 saturated heterocycles. The number of nitrogens with zero attached hydrogens (tertiary/aromatic N) is 1. The van der Waals surface area contributed by atoms with Crippen molar-refractivity contribution in [3.63, 3.8) is 0 Å². The fraction of sp³-hybridized carbons (Fsp3) is 0.429. The van der Waals surface area contributed by atoms with E-state index in [0.29, 0.717) is 6.54 Å². The number of benzene rings is 1. The molecule has 0 saturated carbocycles. The van der Waals surface area contributed by atoms with E-state index < -0.39 is 9.84 Å². The Morgan fingerprint density at radius 2 is 2.05 bits per heavy atom. The van der Waals surface area contributed by atoms with Gasteiger partial charge in [0.15, 0.2) is 0 Å². The molecule has 110 valence electrons. The van der Waals surface area contributed by atoms with Gasteiger partial charge in [0.2, 0.25) is 0 Å². The number of fused-ring (bicyclic) bond motifs is 1. The van der Waals surface area contributed by atoms with Gasteiger partial charge in [-0.1, -0.05) is 0 Å². The number of sulfone groups is 1. The number of nitrogens with one attached hydrogen (secondary N) is 1. The molecule has 0 amide bonds. The monoisotopic (exact) mass is 298 g/mol. The van der Waals surface area contributed by atoms with Gasteiger partial charge in [0.05, 0.1) is 5.75 Å². The van der Waals surface area contributed by atoms with Crippen molar-refractivity contribution in [3.8, 4) is 0 Å². The molecule has 1 aromatic carbocycles. The van der Waals surface area contributed by atoms with Gasteiger partial charge in [0.1, 0.15) is 15.7 Å². The molecular weight excluding hydrogens is 279 g/mol. The van der Waals surface area contributed by atoms with Crippen LogP contribution in [0.4, 0.5) is 4.39 Å². The zero-order chi connectivity index (χ0) is 14.8. The molecule has 0 radical (unpaired) electrons. The Morgan fingerprint density at radius 1 is 1.30 bits per heavy atom. The van der Waals surface area contributed by atoms with Gasteiger partial charge < -0.3 is 9.88 Å². The van der Waals surface area contributed by atoms with Crippen LogP contribution < -0.4 is 0 Å². The minimum atomic E-state index is -2.93. The van der Waals surface area contributed by atoms with Crippen LogP contribution in [-0.4, -0.2) is 50.4 Å².